The van der Waals surface area contributed by atoms with Crippen LogP contribution in [0.1, 0.15) is 50.7 Å². The lowest BCUT2D eigenvalue weighted by Gasteiger charge is -2.33. The molecule has 1 aliphatic rings. The smallest absolute Gasteiger partial charge is 0.00769 e. The van der Waals surface area contributed by atoms with Crippen molar-refractivity contribution < 1.29 is 0 Å². The standard InChI is InChI=1S/C20H24/c1-3-5-11-20(4-2)12-10-18-13-16-8-6-7-9-17(16)14-19(18)15-20/h6-10,12-14H,3-5,11,15H2,1-2H3. The topological polar surface area (TPSA) is 0 Å². The van der Waals surface area contributed by atoms with Gasteiger partial charge in [-0.1, -0.05) is 69.2 Å². The van der Waals surface area contributed by atoms with Gasteiger partial charge in [0.15, 0.2) is 0 Å². The normalized spacial score (nSPS) is 21.1. The Morgan fingerprint density at radius 1 is 1.05 bits per heavy atom. The van der Waals surface area contributed by atoms with Crippen molar-refractivity contribution in [2.45, 2.75) is 46.0 Å². The molecule has 2 aromatic rings. The molecule has 104 valence electrons. The summed E-state index contributed by atoms with van der Waals surface area (Å²) in [5.74, 6) is 0. The Labute approximate surface area is 122 Å². The molecule has 20 heavy (non-hydrogen) atoms. The maximum atomic E-state index is 2.49. The lowest BCUT2D eigenvalue weighted by Crippen LogP contribution is -2.23. The molecule has 1 aliphatic carbocycles. The van der Waals surface area contributed by atoms with E-state index in [4.69, 9.17) is 0 Å². The van der Waals surface area contributed by atoms with Crippen molar-refractivity contribution in [2.24, 2.45) is 5.41 Å². The van der Waals surface area contributed by atoms with Crippen LogP contribution in [0.2, 0.25) is 0 Å². The van der Waals surface area contributed by atoms with E-state index in [-0.39, 0.29) is 0 Å². The summed E-state index contributed by atoms with van der Waals surface area (Å²) in [6, 6.07) is 13.5. The van der Waals surface area contributed by atoms with Gasteiger partial charge in [0.05, 0.1) is 0 Å². The largest absolute Gasteiger partial charge is 0.0774 e. The molecular weight excluding hydrogens is 240 g/mol. The summed E-state index contributed by atoms with van der Waals surface area (Å²) >= 11 is 0. The van der Waals surface area contributed by atoms with E-state index in [1.54, 1.807) is 0 Å². The monoisotopic (exact) mass is 264 g/mol. The second-order valence-corrected chi connectivity index (χ2v) is 6.23. The fraction of sp³-hybridized carbons (Fsp3) is 0.400. The number of hydrogen-bond donors (Lipinski definition) is 0. The molecule has 0 heterocycles. The van der Waals surface area contributed by atoms with Crippen molar-refractivity contribution in [3.8, 4) is 0 Å². The summed E-state index contributed by atoms with van der Waals surface area (Å²) in [6.45, 7) is 4.63. The fourth-order valence-corrected chi connectivity index (χ4v) is 3.44. The second kappa shape index (κ2) is 5.44. The molecule has 0 fully saturated rings. The molecule has 1 atom stereocenters. The maximum absolute atomic E-state index is 2.49. The molecule has 0 saturated heterocycles. The van der Waals surface area contributed by atoms with Gasteiger partial charge >= 0.3 is 0 Å². The van der Waals surface area contributed by atoms with E-state index in [1.165, 1.54) is 54.0 Å². The Kier molecular flexibility index (Phi) is 3.65. The summed E-state index contributed by atoms with van der Waals surface area (Å²) in [5.41, 5.74) is 3.35. The minimum absolute atomic E-state index is 0.394. The van der Waals surface area contributed by atoms with Gasteiger partial charge in [0, 0.05) is 0 Å². The van der Waals surface area contributed by atoms with E-state index in [0.717, 1.165) is 0 Å². The lowest BCUT2D eigenvalue weighted by molar-refractivity contribution is 0.322. The van der Waals surface area contributed by atoms with Gasteiger partial charge in [-0.3, -0.25) is 0 Å². The van der Waals surface area contributed by atoms with Crippen LogP contribution in [-0.4, -0.2) is 0 Å². The van der Waals surface area contributed by atoms with Crippen LogP contribution in [0.15, 0.2) is 42.5 Å². The van der Waals surface area contributed by atoms with Gasteiger partial charge in [-0.2, -0.15) is 0 Å². The zero-order valence-corrected chi connectivity index (χ0v) is 12.7. The van der Waals surface area contributed by atoms with E-state index >= 15 is 0 Å². The van der Waals surface area contributed by atoms with Gasteiger partial charge in [0.1, 0.15) is 0 Å². The predicted molar refractivity (Wildman–Crippen MR) is 88.9 cm³/mol. The Hall–Kier alpha value is -1.56. The van der Waals surface area contributed by atoms with Gasteiger partial charge in [-0.25, -0.2) is 0 Å². The second-order valence-electron chi connectivity index (χ2n) is 6.23. The molecule has 1 unspecified atom stereocenters. The highest BCUT2D eigenvalue weighted by atomic mass is 14.3. The Morgan fingerprint density at radius 2 is 1.80 bits per heavy atom. The molecule has 0 N–H and O–H groups in total. The van der Waals surface area contributed by atoms with Gasteiger partial charge in [0.25, 0.3) is 0 Å². The molecule has 0 nitrogen and oxygen atoms in total. The quantitative estimate of drug-likeness (QED) is 0.635. The van der Waals surface area contributed by atoms with Crippen molar-refractivity contribution in [3.63, 3.8) is 0 Å². The van der Waals surface area contributed by atoms with Gasteiger partial charge < -0.3 is 0 Å². The van der Waals surface area contributed by atoms with Crippen molar-refractivity contribution in [3.05, 3.63) is 53.6 Å². The average Bonchev–Trinajstić information content (AvgIpc) is 2.50. The number of hydrogen-bond acceptors (Lipinski definition) is 0. The minimum atomic E-state index is 0.394. The molecule has 0 heteroatoms. The molecule has 2 aromatic carbocycles. The van der Waals surface area contributed by atoms with Gasteiger partial charge in [0.2, 0.25) is 0 Å². The highest BCUT2D eigenvalue weighted by Crippen LogP contribution is 2.40. The van der Waals surface area contributed by atoms with Crippen molar-refractivity contribution in [1.29, 1.82) is 0 Å². The number of benzene rings is 2. The van der Waals surface area contributed by atoms with Gasteiger partial charge in [-0.15, -0.1) is 0 Å². The zero-order chi connectivity index (χ0) is 14.0. The van der Waals surface area contributed by atoms with Crippen LogP contribution < -0.4 is 0 Å². The van der Waals surface area contributed by atoms with Crippen LogP contribution in [0.4, 0.5) is 0 Å². The van der Waals surface area contributed by atoms with Crippen LogP contribution >= 0.6 is 0 Å². The van der Waals surface area contributed by atoms with Crippen molar-refractivity contribution >= 4 is 16.8 Å². The molecule has 0 spiro atoms. The first-order valence-corrected chi connectivity index (χ1v) is 7.97. The lowest BCUT2D eigenvalue weighted by atomic mass is 9.71. The Bertz CT molecular complexity index is 636. The first-order chi connectivity index (χ1) is 9.76. The number of unbranched alkanes of at least 4 members (excludes halogenated alkanes) is 1. The summed E-state index contributed by atoms with van der Waals surface area (Å²) in [5, 5.41) is 2.73. The van der Waals surface area contributed by atoms with Crippen LogP contribution in [0, 0.1) is 5.41 Å². The molecule has 0 aromatic heterocycles. The summed E-state index contributed by atoms with van der Waals surface area (Å²) in [6.07, 6.45) is 11.3. The third-order valence-corrected chi connectivity index (χ3v) is 4.90. The summed E-state index contributed by atoms with van der Waals surface area (Å²) < 4.78 is 0. The van der Waals surface area contributed by atoms with Crippen LogP contribution in [0.5, 0.6) is 0 Å². The third-order valence-electron chi connectivity index (χ3n) is 4.90. The Balaban J connectivity index is 2.00. The molecule has 0 amide bonds. The third kappa shape index (κ3) is 2.40. The van der Waals surface area contributed by atoms with Crippen LogP contribution in [0.25, 0.3) is 16.8 Å². The predicted octanol–water partition coefficient (Wildman–Crippen LogP) is 6.00. The molecule has 0 radical (unpaired) electrons. The fourth-order valence-electron chi connectivity index (χ4n) is 3.44. The van der Waals surface area contributed by atoms with Crippen LogP contribution in [0.3, 0.4) is 0 Å². The van der Waals surface area contributed by atoms with Crippen molar-refractivity contribution in [1.82, 2.24) is 0 Å². The first kappa shape index (κ1) is 13.4. The SMILES string of the molecule is CCCCC1(CC)C=Cc2cc3ccccc3cc2C1. The van der Waals surface area contributed by atoms with E-state index in [0.29, 0.717) is 5.41 Å². The highest BCUT2D eigenvalue weighted by molar-refractivity contribution is 5.86. The Morgan fingerprint density at radius 3 is 2.50 bits per heavy atom. The van der Waals surface area contributed by atoms with Gasteiger partial charge in [-0.05, 0) is 52.6 Å². The van der Waals surface area contributed by atoms with Crippen LogP contribution in [-0.2, 0) is 6.42 Å². The van der Waals surface area contributed by atoms with E-state index in [9.17, 15) is 0 Å². The minimum Gasteiger partial charge on any atom is -0.0774 e. The molecule has 0 saturated carbocycles. The maximum Gasteiger partial charge on any atom is -0.00769 e. The van der Waals surface area contributed by atoms with E-state index in [1.807, 2.05) is 0 Å². The van der Waals surface area contributed by atoms with E-state index in [2.05, 4.69) is 62.4 Å². The molecular formula is C20H24. The highest BCUT2D eigenvalue weighted by Gasteiger charge is 2.28. The first-order valence-electron chi connectivity index (χ1n) is 7.97. The zero-order valence-electron chi connectivity index (χ0n) is 12.7. The average molecular weight is 264 g/mol. The summed E-state index contributed by atoms with van der Waals surface area (Å²) in [4.78, 5) is 0. The summed E-state index contributed by atoms with van der Waals surface area (Å²) in [7, 11) is 0. The van der Waals surface area contributed by atoms with Crippen molar-refractivity contribution in [2.75, 3.05) is 0 Å². The van der Waals surface area contributed by atoms with E-state index < -0.39 is 0 Å². The molecule has 0 bridgehead atoms. The number of rotatable bonds is 4. The molecule has 0 aliphatic heterocycles. The number of allylic oxidation sites excluding steroid dienone is 1. The number of fused-ring (bicyclic) bond motifs is 2. The molecule has 3 rings (SSSR count).